The summed E-state index contributed by atoms with van der Waals surface area (Å²) in [6.07, 6.45) is 3.37. The number of hydrogen-bond donors (Lipinski definition) is 0. The Morgan fingerprint density at radius 1 is 0.708 bits per heavy atom. The van der Waals surface area contributed by atoms with E-state index in [0.717, 1.165) is 55.7 Å². The number of fused-ring (bicyclic) bond motifs is 2. The molecule has 13 heteroatoms. The van der Waals surface area contributed by atoms with Gasteiger partial charge in [0.1, 0.15) is 9.40 Å². The number of nitrogens with zero attached hydrogens (tertiary/aromatic N) is 3. The molecule has 0 radical (unpaired) electrons. The number of morpholine rings is 1. The van der Waals surface area contributed by atoms with Gasteiger partial charge in [-0.15, -0.1) is 22.7 Å². The molecule has 2 fully saturated rings. The van der Waals surface area contributed by atoms with E-state index >= 15 is 0 Å². The third kappa shape index (κ3) is 6.61. The van der Waals surface area contributed by atoms with Crippen LogP contribution in [0.4, 0.5) is 17.5 Å². The van der Waals surface area contributed by atoms with Crippen LogP contribution in [0.25, 0.3) is 42.8 Å². The number of hydrogen-bond acceptors (Lipinski definition) is 11. The van der Waals surface area contributed by atoms with Crippen molar-refractivity contribution in [2.24, 2.45) is 0 Å². The predicted octanol–water partition coefficient (Wildman–Crippen LogP) is 8.43. The van der Waals surface area contributed by atoms with Gasteiger partial charge in [0.15, 0.2) is 22.9 Å². The normalized spacial score (nSPS) is 15.0. The zero-order valence-electron chi connectivity index (χ0n) is 25.7. The molecule has 0 amide bonds. The molecule has 2 aliphatic heterocycles. The Hall–Kier alpha value is -4.49. The highest BCUT2D eigenvalue weighted by Gasteiger charge is 2.20. The molecule has 0 N–H and O–H groups in total. The minimum atomic E-state index is -0.423. The number of ether oxygens (including phenoxy) is 1. The largest absolute Gasteiger partial charge is 0.439 e. The zero-order chi connectivity index (χ0) is 33.2. The van der Waals surface area contributed by atoms with Crippen LogP contribution in [0.5, 0.6) is 0 Å². The van der Waals surface area contributed by atoms with Crippen molar-refractivity contribution in [3.05, 3.63) is 107 Å². The minimum absolute atomic E-state index is 0.00831. The maximum Gasteiger partial charge on any atom is 0.270 e. The van der Waals surface area contributed by atoms with E-state index in [1.54, 1.807) is 24.3 Å². The van der Waals surface area contributed by atoms with Crippen molar-refractivity contribution in [2.45, 2.75) is 19.3 Å². The number of piperidine rings is 1. The van der Waals surface area contributed by atoms with Gasteiger partial charge < -0.3 is 23.4 Å². The molecule has 6 aromatic rings. The number of rotatable bonds is 5. The second-order valence-electron chi connectivity index (χ2n) is 11.5. The van der Waals surface area contributed by atoms with Gasteiger partial charge in [0, 0.05) is 77.4 Å². The fourth-order valence-corrected chi connectivity index (χ4v) is 7.93. The van der Waals surface area contributed by atoms with Crippen LogP contribution in [-0.4, -0.2) is 44.3 Å². The molecular formula is C35H30ClN3O7S2. The Labute approximate surface area is 287 Å². The quantitative estimate of drug-likeness (QED) is 0.129. The lowest BCUT2D eigenvalue weighted by molar-refractivity contribution is -0.384. The molecule has 4 aromatic heterocycles. The summed E-state index contributed by atoms with van der Waals surface area (Å²) in [4.78, 5) is 39.6. The van der Waals surface area contributed by atoms with Crippen LogP contribution in [0, 0.1) is 10.1 Å². The Morgan fingerprint density at radius 2 is 1.25 bits per heavy atom. The fourth-order valence-electron chi connectivity index (χ4n) is 5.91. The maximum absolute atomic E-state index is 12.5. The summed E-state index contributed by atoms with van der Waals surface area (Å²) in [7, 11) is 0. The van der Waals surface area contributed by atoms with Gasteiger partial charge in [-0.05, 0) is 42.5 Å². The molecule has 2 aliphatic rings. The lowest BCUT2D eigenvalue weighted by Gasteiger charge is -2.27. The van der Waals surface area contributed by atoms with E-state index in [1.165, 1.54) is 41.2 Å². The molecule has 0 bridgehead atoms. The maximum atomic E-state index is 12.5. The summed E-state index contributed by atoms with van der Waals surface area (Å²) < 4.78 is 18.7. The number of nitro groups is 1. The second-order valence-corrected chi connectivity index (χ2v) is 13.7. The average Bonchev–Trinajstić information content (AvgIpc) is 3.75. The molecule has 0 unspecified atom stereocenters. The lowest BCUT2D eigenvalue weighted by atomic mass is 10.1. The van der Waals surface area contributed by atoms with Crippen LogP contribution in [0.1, 0.15) is 19.3 Å². The molecule has 0 saturated carbocycles. The monoisotopic (exact) mass is 703 g/mol. The molecule has 2 aromatic carbocycles. The number of halogens is 1. The van der Waals surface area contributed by atoms with E-state index in [9.17, 15) is 19.7 Å². The zero-order valence-corrected chi connectivity index (χ0v) is 28.1. The van der Waals surface area contributed by atoms with Gasteiger partial charge >= 0.3 is 0 Å². The van der Waals surface area contributed by atoms with Gasteiger partial charge in [0.2, 0.25) is 10.9 Å². The Morgan fingerprint density at radius 3 is 1.81 bits per heavy atom. The summed E-state index contributed by atoms with van der Waals surface area (Å²) in [6, 6.07) is 17.1. The summed E-state index contributed by atoms with van der Waals surface area (Å²) in [5.41, 5.74) is 4.34. The first-order valence-corrected chi connectivity index (χ1v) is 17.7. The van der Waals surface area contributed by atoms with Gasteiger partial charge in [-0.1, -0.05) is 35.9 Å². The van der Waals surface area contributed by atoms with Gasteiger partial charge in [-0.2, -0.15) is 0 Å². The summed E-state index contributed by atoms with van der Waals surface area (Å²) in [5.74, 6) is 1.19. The van der Waals surface area contributed by atoms with E-state index in [1.807, 2.05) is 39.9 Å². The van der Waals surface area contributed by atoms with E-state index in [0.29, 0.717) is 56.1 Å². The number of anilines is 2. The van der Waals surface area contributed by atoms with Crippen LogP contribution < -0.4 is 20.7 Å². The van der Waals surface area contributed by atoms with E-state index < -0.39 is 4.92 Å². The number of non-ortho nitro benzene ring substituents is 1. The van der Waals surface area contributed by atoms with Crippen LogP contribution in [-0.2, 0) is 4.74 Å². The first-order valence-electron chi connectivity index (χ1n) is 15.5. The van der Waals surface area contributed by atoms with E-state index in [-0.39, 0.29) is 16.5 Å². The predicted molar refractivity (Wildman–Crippen MR) is 192 cm³/mol. The summed E-state index contributed by atoms with van der Waals surface area (Å²) >= 11 is 8.80. The highest BCUT2D eigenvalue weighted by atomic mass is 35.5. The van der Waals surface area contributed by atoms with Crippen LogP contribution in [0.3, 0.4) is 0 Å². The molecule has 0 atom stereocenters. The fraction of sp³-hybridized carbons (Fsp3) is 0.257. The van der Waals surface area contributed by atoms with Gasteiger partial charge in [-0.3, -0.25) is 19.7 Å². The van der Waals surface area contributed by atoms with Crippen molar-refractivity contribution in [1.29, 1.82) is 0 Å². The third-order valence-corrected chi connectivity index (χ3v) is 10.5. The highest BCUT2D eigenvalue weighted by Crippen LogP contribution is 2.37. The first-order chi connectivity index (χ1) is 23.4. The SMILES string of the molecule is O=c1cc(N2CCCCC2)oc2c(-c3cccc([N+](=O)[O-])c3)csc12.O=c1cc(N2CCOCC2)oc2c(-c3cccc(Cl)c3)csc12. The van der Waals surface area contributed by atoms with Crippen molar-refractivity contribution in [3.63, 3.8) is 0 Å². The van der Waals surface area contributed by atoms with Gasteiger partial charge in [-0.25, -0.2) is 0 Å². The van der Waals surface area contributed by atoms with Gasteiger partial charge in [0.25, 0.3) is 5.69 Å². The van der Waals surface area contributed by atoms with Crippen molar-refractivity contribution < 1.29 is 18.5 Å². The van der Waals surface area contributed by atoms with Crippen molar-refractivity contribution in [2.75, 3.05) is 49.2 Å². The molecule has 48 heavy (non-hydrogen) atoms. The van der Waals surface area contributed by atoms with Crippen molar-refractivity contribution in [3.8, 4) is 22.3 Å². The van der Waals surface area contributed by atoms with Crippen LogP contribution >= 0.6 is 34.3 Å². The molecule has 6 heterocycles. The number of nitro benzene ring substituents is 1. The molecule has 8 rings (SSSR count). The molecule has 10 nitrogen and oxygen atoms in total. The van der Waals surface area contributed by atoms with Gasteiger partial charge in [0.05, 0.1) is 18.1 Å². The first kappa shape index (κ1) is 32.1. The van der Waals surface area contributed by atoms with E-state index in [4.69, 9.17) is 25.2 Å². The standard InChI is InChI=1S/C18H16N2O4S.C17H14ClNO3S/c21-15-10-16(19-7-2-1-3-8-19)24-17-14(11-25-18(15)17)12-5-4-6-13(9-12)20(22)23;18-12-3-1-2-11(8-12)13-10-23-17-14(20)9-15(22-16(13)17)19-4-6-21-7-5-19/h4-6,9-11H,1-3,7-8H2;1-3,8-10H,4-7H2. The second kappa shape index (κ2) is 13.9. The third-order valence-electron chi connectivity index (χ3n) is 8.36. The number of thiophene rings is 2. The molecular weight excluding hydrogens is 674 g/mol. The summed E-state index contributed by atoms with van der Waals surface area (Å²) in [6.45, 7) is 4.50. The molecule has 246 valence electrons. The Bertz CT molecular complexity index is 2230. The highest BCUT2D eigenvalue weighted by molar-refractivity contribution is 7.18. The smallest absolute Gasteiger partial charge is 0.270 e. The Balaban J connectivity index is 0.000000152. The van der Waals surface area contributed by atoms with Crippen molar-refractivity contribution >= 4 is 72.3 Å². The van der Waals surface area contributed by atoms with E-state index in [2.05, 4.69) is 4.90 Å². The van der Waals surface area contributed by atoms with Crippen LogP contribution in [0.15, 0.2) is 89.8 Å². The molecule has 2 saturated heterocycles. The minimum Gasteiger partial charge on any atom is -0.439 e. The number of benzene rings is 2. The Kier molecular flexibility index (Phi) is 9.31. The molecule has 0 aliphatic carbocycles. The lowest BCUT2D eigenvalue weighted by Crippen LogP contribution is -2.36. The van der Waals surface area contributed by atoms with Crippen LogP contribution in [0.2, 0.25) is 5.02 Å². The summed E-state index contributed by atoms with van der Waals surface area (Å²) in [5, 5.41) is 15.5. The van der Waals surface area contributed by atoms with Crippen molar-refractivity contribution in [1.82, 2.24) is 0 Å². The average molecular weight is 704 g/mol. The topological polar surface area (TPSA) is 119 Å². The molecule has 0 spiro atoms.